The molecule has 20 heavy (non-hydrogen) atoms. The van der Waals surface area contributed by atoms with Crippen LogP contribution in [0.3, 0.4) is 0 Å². The van der Waals surface area contributed by atoms with Crippen LogP contribution in [0, 0.1) is 19.8 Å². The van der Waals surface area contributed by atoms with Crippen molar-refractivity contribution in [2.45, 2.75) is 58.5 Å². The number of hydrogen-bond acceptors (Lipinski definition) is 3. The van der Waals surface area contributed by atoms with Crippen LogP contribution in [-0.4, -0.2) is 14.5 Å². The Morgan fingerprint density at radius 3 is 2.30 bits per heavy atom. The van der Waals surface area contributed by atoms with Crippen LogP contribution in [0.15, 0.2) is 17.0 Å². The highest BCUT2D eigenvalue weighted by molar-refractivity contribution is 7.89. The Balaban J connectivity index is 3.12. The highest BCUT2D eigenvalue weighted by Gasteiger charge is 2.21. The van der Waals surface area contributed by atoms with E-state index < -0.39 is 10.0 Å². The summed E-state index contributed by atoms with van der Waals surface area (Å²) in [4.78, 5) is 0.341. The summed E-state index contributed by atoms with van der Waals surface area (Å²) in [6.07, 6.45) is 0.813. The van der Waals surface area contributed by atoms with Crippen molar-refractivity contribution in [1.29, 1.82) is 0 Å². The summed E-state index contributed by atoms with van der Waals surface area (Å²) in [6.45, 7) is 10.1. The molecule has 1 aromatic carbocycles. The fourth-order valence-electron chi connectivity index (χ4n) is 2.38. The van der Waals surface area contributed by atoms with Gasteiger partial charge in [-0.3, -0.25) is 0 Å². The fraction of sp³-hybridized carbons (Fsp3) is 0.600. The second kappa shape index (κ2) is 6.70. The maximum Gasteiger partial charge on any atom is 0.241 e. The van der Waals surface area contributed by atoms with Gasteiger partial charge in [0.05, 0.1) is 4.90 Å². The first kappa shape index (κ1) is 17.1. The molecule has 0 spiro atoms. The molecule has 0 saturated heterocycles. The van der Waals surface area contributed by atoms with Crippen LogP contribution in [0.1, 0.15) is 43.9 Å². The predicted molar refractivity (Wildman–Crippen MR) is 83.0 cm³/mol. The Kier molecular flexibility index (Phi) is 5.74. The van der Waals surface area contributed by atoms with Gasteiger partial charge in [0.2, 0.25) is 10.0 Å². The van der Waals surface area contributed by atoms with E-state index in [1.165, 1.54) is 0 Å². The van der Waals surface area contributed by atoms with Crippen molar-refractivity contribution < 1.29 is 8.42 Å². The van der Waals surface area contributed by atoms with Crippen molar-refractivity contribution in [3.05, 3.63) is 28.8 Å². The van der Waals surface area contributed by atoms with Gasteiger partial charge in [-0.15, -0.1) is 0 Å². The standard InChI is InChI=1S/C15H26N2O2S/c1-10(2)6-12(4)17-20(18,19)15-8-14(9-16)7-11(3)13(15)5/h7-8,10,12,17H,6,9,16H2,1-5H3. The molecule has 0 bridgehead atoms. The molecule has 0 fully saturated rings. The Morgan fingerprint density at radius 2 is 1.80 bits per heavy atom. The van der Waals surface area contributed by atoms with Gasteiger partial charge in [0.1, 0.15) is 0 Å². The molecular weight excluding hydrogens is 272 g/mol. The number of sulfonamides is 1. The maximum absolute atomic E-state index is 12.5. The lowest BCUT2D eigenvalue weighted by molar-refractivity contribution is 0.482. The normalized spacial score (nSPS) is 13.8. The molecule has 5 heteroatoms. The molecule has 1 atom stereocenters. The van der Waals surface area contributed by atoms with Crippen molar-refractivity contribution >= 4 is 10.0 Å². The number of hydrogen-bond donors (Lipinski definition) is 2. The second-order valence-electron chi connectivity index (χ2n) is 5.89. The van der Waals surface area contributed by atoms with Crippen LogP contribution >= 0.6 is 0 Å². The zero-order chi connectivity index (χ0) is 15.5. The van der Waals surface area contributed by atoms with Crippen LogP contribution in [0.2, 0.25) is 0 Å². The zero-order valence-electron chi connectivity index (χ0n) is 13.0. The molecular formula is C15H26N2O2S. The Hall–Kier alpha value is -0.910. The third kappa shape index (κ3) is 4.30. The van der Waals surface area contributed by atoms with E-state index in [-0.39, 0.29) is 6.04 Å². The highest BCUT2D eigenvalue weighted by atomic mass is 32.2. The largest absolute Gasteiger partial charge is 0.326 e. The Bertz CT molecular complexity index is 565. The number of rotatable bonds is 6. The molecule has 0 saturated carbocycles. The third-order valence-electron chi connectivity index (χ3n) is 3.39. The predicted octanol–water partition coefficient (Wildman–Crippen LogP) is 2.48. The molecule has 1 rings (SSSR count). The van der Waals surface area contributed by atoms with Crippen LogP contribution < -0.4 is 10.5 Å². The van der Waals surface area contributed by atoms with Crippen LogP contribution in [0.25, 0.3) is 0 Å². The summed E-state index contributed by atoms with van der Waals surface area (Å²) in [5.41, 5.74) is 8.20. The van der Waals surface area contributed by atoms with E-state index in [0.29, 0.717) is 17.4 Å². The lowest BCUT2D eigenvalue weighted by Gasteiger charge is -2.18. The van der Waals surface area contributed by atoms with Crippen molar-refractivity contribution in [3.63, 3.8) is 0 Å². The molecule has 0 amide bonds. The first-order valence-corrected chi connectivity index (χ1v) is 8.48. The van der Waals surface area contributed by atoms with Gasteiger partial charge < -0.3 is 5.73 Å². The quantitative estimate of drug-likeness (QED) is 0.847. The topological polar surface area (TPSA) is 72.2 Å². The van der Waals surface area contributed by atoms with Crippen molar-refractivity contribution in [1.82, 2.24) is 4.72 Å². The summed E-state index contributed by atoms with van der Waals surface area (Å²) >= 11 is 0. The SMILES string of the molecule is Cc1cc(CN)cc(S(=O)(=O)NC(C)CC(C)C)c1C. The van der Waals surface area contributed by atoms with Crippen LogP contribution in [0.4, 0.5) is 0 Å². The minimum Gasteiger partial charge on any atom is -0.326 e. The van der Waals surface area contributed by atoms with Gasteiger partial charge in [-0.2, -0.15) is 0 Å². The second-order valence-corrected chi connectivity index (χ2v) is 7.57. The summed E-state index contributed by atoms with van der Waals surface area (Å²) in [6, 6.07) is 3.53. The van der Waals surface area contributed by atoms with Gasteiger partial charge in [0.25, 0.3) is 0 Å². The molecule has 1 aromatic rings. The lowest BCUT2D eigenvalue weighted by Crippen LogP contribution is -2.34. The average molecular weight is 298 g/mol. The van der Waals surface area contributed by atoms with E-state index >= 15 is 0 Å². The smallest absolute Gasteiger partial charge is 0.241 e. The van der Waals surface area contributed by atoms with Crippen molar-refractivity contribution in [2.75, 3.05) is 0 Å². The van der Waals surface area contributed by atoms with E-state index in [0.717, 1.165) is 23.1 Å². The lowest BCUT2D eigenvalue weighted by atomic mass is 10.1. The van der Waals surface area contributed by atoms with E-state index in [1.54, 1.807) is 6.07 Å². The van der Waals surface area contributed by atoms with E-state index in [4.69, 9.17) is 5.73 Å². The molecule has 0 aliphatic rings. The minimum absolute atomic E-state index is 0.0822. The number of benzene rings is 1. The van der Waals surface area contributed by atoms with Crippen molar-refractivity contribution in [2.24, 2.45) is 11.7 Å². The minimum atomic E-state index is -3.50. The van der Waals surface area contributed by atoms with E-state index in [2.05, 4.69) is 18.6 Å². The first-order valence-electron chi connectivity index (χ1n) is 7.00. The van der Waals surface area contributed by atoms with Gasteiger partial charge >= 0.3 is 0 Å². The van der Waals surface area contributed by atoms with Crippen LogP contribution in [-0.2, 0) is 16.6 Å². The number of aryl methyl sites for hydroxylation is 1. The van der Waals surface area contributed by atoms with Gasteiger partial charge in [-0.1, -0.05) is 19.9 Å². The third-order valence-corrected chi connectivity index (χ3v) is 5.10. The number of nitrogens with one attached hydrogen (secondary N) is 1. The van der Waals surface area contributed by atoms with Gasteiger partial charge in [-0.05, 0) is 55.9 Å². The average Bonchev–Trinajstić information content (AvgIpc) is 2.30. The zero-order valence-corrected chi connectivity index (χ0v) is 13.8. The highest BCUT2D eigenvalue weighted by Crippen LogP contribution is 2.21. The van der Waals surface area contributed by atoms with Gasteiger partial charge in [-0.25, -0.2) is 13.1 Å². The molecule has 3 N–H and O–H groups in total. The van der Waals surface area contributed by atoms with Gasteiger partial charge in [0, 0.05) is 12.6 Å². The summed E-state index contributed by atoms with van der Waals surface area (Å²) in [5.74, 6) is 0.450. The summed E-state index contributed by atoms with van der Waals surface area (Å²) in [5, 5.41) is 0. The van der Waals surface area contributed by atoms with E-state index in [1.807, 2.05) is 26.8 Å². The fourth-order valence-corrected chi connectivity index (χ4v) is 4.00. The molecule has 0 aliphatic heterocycles. The molecule has 114 valence electrons. The number of nitrogens with two attached hydrogens (primary N) is 1. The summed E-state index contributed by atoms with van der Waals surface area (Å²) in [7, 11) is -3.50. The Morgan fingerprint density at radius 1 is 1.20 bits per heavy atom. The first-order chi connectivity index (χ1) is 9.17. The molecule has 0 aliphatic carbocycles. The molecule has 4 nitrogen and oxygen atoms in total. The van der Waals surface area contributed by atoms with Crippen molar-refractivity contribution in [3.8, 4) is 0 Å². The molecule has 0 heterocycles. The summed E-state index contributed by atoms with van der Waals surface area (Å²) < 4.78 is 27.8. The molecule has 0 radical (unpaired) electrons. The monoisotopic (exact) mass is 298 g/mol. The van der Waals surface area contributed by atoms with E-state index in [9.17, 15) is 8.42 Å². The van der Waals surface area contributed by atoms with Gasteiger partial charge in [0.15, 0.2) is 0 Å². The molecule has 0 aromatic heterocycles. The van der Waals surface area contributed by atoms with Crippen LogP contribution in [0.5, 0.6) is 0 Å². The molecule has 1 unspecified atom stereocenters. The maximum atomic E-state index is 12.5. The Labute approximate surface area is 122 Å².